The van der Waals surface area contributed by atoms with Gasteiger partial charge in [0.05, 0.1) is 19.8 Å². The van der Waals surface area contributed by atoms with Crippen molar-refractivity contribution in [3.05, 3.63) is 48.2 Å². The van der Waals surface area contributed by atoms with Crippen LogP contribution in [0.4, 0.5) is 5.69 Å². The zero-order valence-corrected chi connectivity index (χ0v) is 16.9. The molecule has 1 aromatic heterocycles. The third-order valence-electron chi connectivity index (χ3n) is 5.27. The molecule has 0 radical (unpaired) electrons. The lowest BCUT2D eigenvalue weighted by molar-refractivity contribution is -0.125. The molecule has 0 bridgehead atoms. The number of anilines is 1. The van der Waals surface area contributed by atoms with E-state index in [4.69, 9.17) is 9.47 Å². The zero-order valence-electron chi connectivity index (χ0n) is 16.9. The van der Waals surface area contributed by atoms with Gasteiger partial charge in [-0.15, -0.1) is 0 Å². The van der Waals surface area contributed by atoms with Gasteiger partial charge in [-0.25, -0.2) is 4.98 Å². The number of aromatic nitrogens is 1. The Bertz CT molecular complexity index is 898. The van der Waals surface area contributed by atoms with Gasteiger partial charge in [0.1, 0.15) is 11.4 Å². The predicted octanol–water partition coefficient (Wildman–Crippen LogP) is 1.95. The van der Waals surface area contributed by atoms with Crippen molar-refractivity contribution in [1.29, 1.82) is 0 Å². The second-order valence-corrected chi connectivity index (χ2v) is 7.32. The average molecular weight is 410 g/mol. The van der Waals surface area contributed by atoms with Crippen molar-refractivity contribution in [1.82, 2.24) is 15.2 Å². The molecular weight excluding hydrogens is 384 g/mol. The molecule has 1 saturated heterocycles. The van der Waals surface area contributed by atoms with Gasteiger partial charge in [0, 0.05) is 50.8 Å². The van der Waals surface area contributed by atoms with E-state index < -0.39 is 0 Å². The van der Waals surface area contributed by atoms with Crippen LogP contribution in [0.15, 0.2) is 42.6 Å². The van der Waals surface area contributed by atoms with Crippen LogP contribution in [0.3, 0.4) is 0 Å². The molecule has 0 atom stereocenters. The molecule has 0 saturated carbocycles. The summed E-state index contributed by atoms with van der Waals surface area (Å²) in [6, 6.07) is 11.2. The Labute approximate surface area is 175 Å². The van der Waals surface area contributed by atoms with Crippen molar-refractivity contribution >= 4 is 17.5 Å². The van der Waals surface area contributed by atoms with Gasteiger partial charge in [-0.2, -0.15) is 0 Å². The summed E-state index contributed by atoms with van der Waals surface area (Å²) in [6.45, 7) is 5.00. The number of rotatable bonds is 6. The van der Waals surface area contributed by atoms with Crippen LogP contribution in [0, 0.1) is 0 Å². The van der Waals surface area contributed by atoms with Crippen LogP contribution >= 0.6 is 0 Å². The van der Waals surface area contributed by atoms with Crippen LogP contribution in [0.2, 0.25) is 0 Å². The number of morpholine rings is 1. The fourth-order valence-corrected chi connectivity index (χ4v) is 3.60. The molecule has 2 aliphatic heterocycles. The monoisotopic (exact) mass is 410 g/mol. The molecule has 1 aromatic carbocycles. The van der Waals surface area contributed by atoms with E-state index in [9.17, 15) is 9.59 Å². The maximum absolute atomic E-state index is 13.0. The number of carbonyl (C=O) groups excluding carboxylic acids is 2. The second kappa shape index (κ2) is 9.69. The zero-order chi connectivity index (χ0) is 20.8. The van der Waals surface area contributed by atoms with E-state index in [0.29, 0.717) is 30.4 Å². The van der Waals surface area contributed by atoms with E-state index in [-0.39, 0.29) is 24.7 Å². The summed E-state index contributed by atoms with van der Waals surface area (Å²) in [5.41, 5.74) is 1.52. The van der Waals surface area contributed by atoms with Gasteiger partial charge in [0.25, 0.3) is 0 Å². The van der Waals surface area contributed by atoms with Crippen molar-refractivity contribution in [3.63, 3.8) is 0 Å². The summed E-state index contributed by atoms with van der Waals surface area (Å²) in [6.07, 6.45) is 1.91. The molecule has 4 rings (SSSR count). The highest BCUT2D eigenvalue weighted by molar-refractivity contribution is 5.96. The van der Waals surface area contributed by atoms with Gasteiger partial charge >= 0.3 is 0 Å². The van der Waals surface area contributed by atoms with Crippen molar-refractivity contribution in [2.45, 2.75) is 19.4 Å². The summed E-state index contributed by atoms with van der Waals surface area (Å²) in [5.74, 6) is 0.835. The van der Waals surface area contributed by atoms with E-state index in [1.807, 2.05) is 30.3 Å². The number of ether oxygens (including phenoxy) is 2. The first kappa shape index (κ1) is 20.3. The Morgan fingerprint density at radius 1 is 1.07 bits per heavy atom. The van der Waals surface area contributed by atoms with Crippen molar-refractivity contribution < 1.29 is 19.1 Å². The molecule has 8 heteroatoms. The molecule has 8 nitrogen and oxygen atoms in total. The lowest BCUT2D eigenvalue weighted by atomic mass is 10.1. The molecule has 0 spiro atoms. The van der Waals surface area contributed by atoms with Crippen LogP contribution in [0.25, 0.3) is 0 Å². The van der Waals surface area contributed by atoms with Gasteiger partial charge in [-0.3, -0.25) is 14.5 Å². The van der Waals surface area contributed by atoms with Gasteiger partial charge in [-0.1, -0.05) is 18.2 Å². The van der Waals surface area contributed by atoms with E-state index >= 15 is 0 Å². The Balaban J connectivity index is 1.34. The molecule has 2 amide bonds. The number of fused-ring (bicyclic) bond motifs is 2. The number of carbonyl (C=O) groups is 2. The lowest BCUT2D eigenvalue weighted by Crippen LogP contribution is -2.41. The SMILES string of the molecule is O=C(CCC(=O)N1Cc2ccccc2Oc2ncccc21)NCCN1CCOCC1. The van der Waals surface area contributed by atoms with Crippen LogP contribution in [0.1, 0.15) is 18.4 Å². The first-order valence-corrected chi connectivity index (χ1v) is 10.3. The molecule has 3 heterocycles. The van der Waals surface area contributed by atoms with E-state index in [1.165, 1.54) is 0 Å². The smallest absolute Gasteiger partial charge is 0.243 e. The minimum atomic E-state index is -0.132. The number of benzene rings is 1. The lowest BCUT2D eigenvalue weighted by Gasteiger charge is -2.26. The average Bonchev–Trinajstić information content (AvgIpc) is 2.95. The van der Waals surface area contributed by atoms with Crippen LogP contribution in [-0.4, -0.2) is 61.1 Å². The molecule has 2 aromatic rings. The number of amides is 2. The fourth-order valence-electron chi connectivity index (χ4n) is 3.60. The first-order valence-electron chi connectivity index (χ1n) is 10.3. The quantitative estimate of drug-likeness (QED) is 0.784. The summed E-state index contributed by atoms with van der Waals surface area (Å²) in [7, 11) is 0. The molecule has 1 fully saturated rings. The van der Waals surface area contributed by atoms with Gasteiger partial charge in [-0.05, 0) is 18.2 Å². The number of para-hydroxylation sites is 1. The number of nitrogens with one attached hydrogen (secondary N) is 1. The highest BCUT2D eigenvalue weighted by Gasteiger charge is 2.26. The summed E-state index contributed by atoms with van der Waals surface area (Å²) >= 11 is 0. The van der Waals surface area contributed by atoms with Crippen molar-refractivity contribution in [3.8, 4) is 11.6 Å². The van der Waals surface area contributed by atoms with Crippen molar-refractivity contribution in [2.75, 3.05) is 44.3 Å². The molecule has 2 aliphatic rings. The molecule has 1 N–H and O–H groups in total. The Kier molecular flexibility index (Phi) is 6.56. The summed E-state index contributed by atoms with van der Waals surface area (Å²) in [5, 5.41) is 2.91. The highest BCUT2D eigenvalue weighted by Crippen LogP contribution is 2.37. The van der Waals surface area contributed by atoms with E-state index in [1.54, 1.807) is 17.2 Å². The maximum Gasteiger partial charge on any atom is 0.243 e. The fraction of sp³-hybridized carbons (Fsp3) is 0.409. The van der Waals surface area contributed by atoms with Gasteiger partial charge in [0.15, 0.2) is 0 Å². The molecular formula is C22H26N4O4. The normalized spacial score (nSPS) is 16.1. The van der Waals surface area contributed by atoms with E-state index in [0.717, 1.165) is 38.4 Å². The molecule has 0 aliphatic carbocycles. The van der Waals surface area contributed by atoms with Gasteiger partial charge in [0.2, 0.25) is 17.7 Å². The highest BCUT2D eigenvalue weighted by atomic mass is 16.5. The number of hydrogen-bond acceptors (Lipinski definition) is 6. The number of hydrogen-bond donors (Lipinski definition) is 1. The second-order valence-electron chi connectivity index (χ2n) is 7.32. The molecule has 0 unspecified atom stereocenters. The number of nitrogens with zero attached hydrogens (tertiary/aromatic N) is 3. The maximum atomic E-state index is 13.0. The van der Waals surface area contributed by atoms with Crippen molar-refractivity contribution in [2.24, 2.45) is 0 Å². The van der Waals surface area contributed by atoms with Crippen LogP contribution in [-0.2, 0) is 20.9 Å². The van der Waals surface area contributed by atoms with Crippen LogP contribution in [0.5, 0.6) is 11.6 Å². The van der Waals surface area contributed by atoms with Gasteiger partial charge < -0.3 is 19.7 Å². The topological polar surface area (TPSA) is 84.0 Å². The Hall–Kier alpha value is -2.97. The van der Waals surface area contributed by atoms with E-state index in [2.05, 4.69) is 15.2 Å². The molecule has 158 valence electrons. The number of pyridine rings is 1. The third kappa shape index (κ3) is 4.95. The minimum Gasteiger partial charge on any atom is -0.437 e. The molecule has 30 heavy (non-hydrogen) atoms. The minimum absolute atomic E-state index is 0.116. The largest absolute Gasteiger partial charge is 0.437 e. The third-order valence-corrected chi connectivity index (χ3v) is 5.27. The Morgan fingerprint density at radius 3 is 2.77 bits per heavy atom. The summed E-state index contributed by atoms with van der Waals surface area (Å²) < 4.78 is 11.2. The Morgan fingerprint density at radius 2 is 1.90 bits per heavy atom. The first-order chi connectivity index (χ1) is 14.7. The van der Waals surface area contributed by atoms with Crippen LogP contribution < -0.4 is 15.0 Å². The summed E-state index contributed by atoms with van der Waals surface area (Å²) in [4.78, 5) is 33.4. The standard InChI is InChI=1S/C22H26N4O4/c27-20(23-10-11-25-12-14-29-15-13-25)7-8-21(28)26-16-17-4-1-2-6-19(17)30-22-18(26)5-3-9-24-22/h1-6,9H,7-8,10-16H2,(H,23,27). The predicted molar refractivity (Wildman–Crippen MR) is 111 cm³/mol.